The molecule has 0 aromatic carbocycles. The van der Waals surface area contributed by atoms with Crippen LogP contribution in [0.15, 0.2) is 5.38 Å². The quantitative estimate of drug-likeness (QED) is 0.869. The van der Waals surface area contributed by atoms with E-state index in [1.165, 1.54) is 50.7 Å². The molecule has 0 amide bonds. The molecule has 2 bridgehead atoms. The highest BCUT2D eigenvalue weighted by molar-refractivity contribution is 7.19. The zero-order valence-electron chi connectivity index (χ0n) is 12.0. The van der Waals surface area contributed by atoms with E-state index in [1.807, 2.05) is 0 Å². The summed E-state index contributed by atoms with van der Waals surface area (Å²) in [6.45, 7) is 2.42. The van der Waals surface area contributed by atoms with Crippen molar-refractivity contribution < 1.29 is 9.90 Å². The van der Waals surface area contributed by atoms with E-state index in [4.69, 9.17) is 5.11 Å². The summed E-state index contributed by atoms with van der Waals surface area (Å²) in [5.74, 6) is 2.59. The second kappa shape index (κ2) is 5.92. The van der Waals surface area contributed by atoms with Crippen LogP contribution in [-0.4, -0.2) is 30.6 Å². The van der Waals surface area contributed by atoms with Crippen molar-refractivity contribution in [1.82, 2.24) is 4.98 Å². The number of aromatic nitrogens is 1. The van der Waals surface area contributed by atoms with E-state index < -0.39 is 5.97 Å². The average Bonchev–Trinajstić information content (AvgIpc) is 2.95. The van der Waals surface area contributed by atoms with E-state index in [9.17, 15) is 4.79 Å². The maximum absolute atomic E-state index is 10.9. The third kappa shape index (κ3) is 3.11. The van der Waals surface area contributed by atoms with Gasteiger partial charge in [-0.3, -0.25) is 0 Å². The number of thiazole rings is 1. The van der Waals surface area contributed by atoms with Gasteiger partial charge in [-0.15, -0.1) is 11.3 Å². The monoisotopic (exact) mass is 289 g/mol. The molecule has 0 saturated carbocycles. The summed E-state index contributed by atoms with van der Waals surface area (Å²) in [5, 5.41) is 10.6. The third-order valence-corrected chi connectivity index (χ3v) is 6.11. The Morgan fingerprint density at radius 3 is 3.10 bits per heavy atom. The van der Waals surface area contributed by atoms with Gasteiger partial charge in [-0.1, -0.05) is 56.5 Å². The highest BCUT2D eigenvalue weighted by Crippen LogP contribution is 2.47. The molecule has 1 N–H and O–H groups in total. The van der Waals surface area contributed by atoms with Gasteiger partial charge < -0.3 is 5.11 Å². The SMILES string of the molecule is CC1CC2BC1CCCC(Bc1nc(C(=O)O)cs1)C2. The first kappa shape index (κ1) is 14.2. The molecule has 6 heteroatoms. The molecule has 2 saturated heterocycles. The predicted molar refractivity (Wildman–Crippen MR) is 86.5 cm³/mol. The van der Waals surface area contributed by atoms with Crippen molar-refractivity contribution in [3.63, 3.8) is 0 Å². The molecular weight excluding hydrogens is 268 g/mol. The number of fused-ring (bicyclic) bond motifs is 2. The predicted octanol–water partition coefficient (Wildman–Crippen LogP) is 2.32. The fourth-order valence-electron chi connectivity index (χ4n) is 4.26. The number of aromatic carboxylic acids is 1. The third-order valence-electron chi connectivity index (χ3n) is 5.23. The van der Waals surface area contributed by atoms with E-state index in [1.54, 1.807) is 5.38 Å². The first-order chi connectivity index (χ1) is 9.61. The van der Waals surface area contributed by atoms with Crippen LogP contribution in [0, 0.1) is 5.92 Å². The number of carbonyl (C=O) groups is 1. The summed E-state index contributed by atoms with van der Waals surface area (Å²) in [6, 6.07) is 0. The van der Waals surface area contributed by atoms with Crippen molar-refractivity contribution in [3.05, 3.63) is 11.1 Å². The number of carboxylic acid groups (broad SMARTS) is 1. The maximum Gasteiger partial charge on any atom is 0.355 e. The molecule has 1 aromatic rings. The topological polar surface area (TPSA) is 50.2 Å². The maximum atomic E-state index is 10.9. The van der Waals surface area contributed by atoms with Crippen molar-refractivity contribution in [3.8, 4) is 0 Å². The van der Waals surface area contributed by atoms with Crippen LogP contribution in [0.4, 0.5) is 0 Å². The molecule has 0 spiro atoms. The minimum atomic E-state index is -0.905. The second-order valence-corrected chi connectivity index (χ2v) is 7.69. The Morgan fingerprint density at radius 2 is 2.35 bits per heavy atom. The summed E-state index contributed by atoms with van der Waals surface area (Å²) in [6.07, 6.45) is 6.75. The average molecular weight is 289 g/mol. The van der Waals surface area contributed by atoms with E-state index in [0.29, 0.717) is 5.82 Å². The number of rotatable bonds is 3. The van der Waals surface area contributed by atoms with Gasteiger partial charge in [0.25, 0.3) is 0 Å². The standard InChI is InChI=1S/C14H21B2NO2S/c1-8-5-10-6-9(3-2-4-11(8)15-10)16-14-17-12(7-20-14)13(18)19/h7-11,15-16H,2-6H2,1H3,(H,18,19). The Morgan fingerprint density at radius 1 is 1.50 bits per heavy atom. The lowest BCUT2D eigenvalue weighted by Crippen LogP contribution is -2.22. The number of hydrogen-bond donors (Lipinski definition) is 1. The normalized spacial score (nSPS) is 33.0. The largest absolute Gasteiger partial charge is 0.476 e. The van der Waals surface area contributed by atoms with Gasteiger partial charge in [0.2, 0.25) is 0 Å². The van der Waals surface area contributed by atoms with E-state index in [0.717, 1.165) is 29.7 Å². The van der Waals surface area contributed by atoms with Crippen LogP contribution in [-0.2, 0) is 0 Å². The van der Waals surface area contributed by atoms with Crippen LogP contribution >= 0.6 is 11.3 Å². The lowest BCUT2D eigenvalue weighted by atomic mass is 9.50. The highest BCUT2D eigenvalue weighted by atomic mass is 32.1. The molecule has 0 aliphatic carbocycles. The lowest BCUT2D eigenvalue weighted by molar-refractivity contribution is 0.0691. The Labute approximate surface area is 125 Å². The minimum Gasteiger partial charge on any atom is -0.476 e. The fourth-order valence-corrected chi connectivity index (χ4v) is 5.15. The smallest absolute Gasteiger partial charge is 0.355 e. The summed E-state index contributed by atoms with van der Waals surface area (Å²) in [5.41, 5.74) is 0.213. The Bertz CT molecular complexity index is 493. The molecular formula is C14H21B2NO2S. The number of nitrogens with zero attached hydrogens (tertiary/aromatic N) is 1. The number of carboxylic acids is 1. The molecule has 106 valence electrons. The van der Waals surface area contributed by atoms with Crippen LogP contribution in [0.1, 0.15) is 49.5 Å². The Kier molecular flexibility index (Phi) is 4.20. The van der Waals surface area contributed by atoms with Crippen LogP contribution in [0.25, 0.3) is 0 Å². The summed E-state index contributed by atoms with van der Waals surface area (Å²) >= 11 is 1.51. The molecule has 0 radical (unpaired) electrons. The van der Waals surface area contributed by atoms with Crippen molar-refractivity contribution in [2.75, 3.05) is 0 Å². The van der Waals surface area contributed by atoms with Gasteiger partial charge in [0.15, 0.2) is 13.0 Å². The van der Waals surface area contributed by atoms with Crippen molar-refractivity contribution in [2.24, 2.45) is 5.92 Å². The van der Waals surface area contributed by atoms with Crippen molar-refractivity contribution in [2.45, 2.75) is 56.5 Å². The van der Waals surface area contributed by atoms with Gasteiger partial charge in [-0.05, 0) is 5.92 Å². The van der Waals surface area contributed by atoms with Gasteiger partial charge in [-0.2, -0.15) is 0 Å². The zero-order chi connectivity index (χ0) is 14.1. The summed E-state index contributed by atoms with van der Waals surface area (Å²) < 4.78 is 0. The minimum absolute atomic E-state index is 0.213. The Hall–Kier alpha value is -0.770. The zero-order valence-corrected chi connectivity index (χ0v) is 12.9. The highest BCUT2D eigenvalue weighted by Gasteiger charge is 2.35. The molecule has 2 aliphatic heterocycles. The first-order valence-corrected chi connectivity index (χ1v) is 8.67. The summed E-state index contributed by atoms with van der Waals surface area (Å²) in [7, 11) is 2.41. The van der Waals surface area contributed by atoms with Crippen LogP contribution in [0.3, 0.4) is 0 Å². The molecule has 3 heterocycles. The van der Waals surface area contributed by atoms with Gasteiger partial charge >= 0.3 is 5.97 Å². The van der Waals surface area contributed by atoms with Crippen molar-refractivity contribution >= 4 is 36.8 Å². The molecule has 3 rings (SSSR count). The van der Waals surface area contributed by atoms with Crippen LogP contribution in [0.2, 0.25) is 17.5 Å². The van der Waals surface area contributed by atoms with E-state index in [-0.39, 0.29) is 5.69 Å². The lowest BCUT2D eigenvalue weighted by Gasteiger charge is -2.22. The fraction of sp³-hybridized carbons (Fsp3) is 0.714. The Balaban J connectivity index is 1.63. The first-order valence-electron chi connectivity index (χ1n) is 7.79. The molecule has 3 nitrogen and oxygen atoms in total. The molecule has 2 fully saturated rings. The number of hydrogen-bond acceptors (Lipinski definition) is 3. The van der Waals surface area contributed by atoms with E-state index >= 15 is 0 Å². The summed E-state index contributed by atoms with van der Waals surface area (Å²) in [4.78, 5) is 16.2. The van der Waals surface area contributed by atoms with Gasteiger partial charge in [0.05, 0.1) is 4.91 Å². The van der Waals surface area contributed by atoms with Gasteiger partial charge in [-0.25, -0.2) is 9.78 Å². The van der Waals surface area contributed by atoms with Gasteiger partial charge in [0, 0.05) is 5.38 Å². The van der Waals surface area contributed by atoms with Crippen molar-refractivity contribution in [1.29, 1.82) is 0 Å². The molecule has 1 aromatic heterocycles. The van der Waals surface area contributed by atoms with E-state index in [2.05, 4.69) is 11.9 Å². The molecule has 2 aliphatic rings. The molecule has 20 heavy (non-hydrogen) atoms. The van der Waals surface area contributed by atoms with Crippen LogP contribution in [0.5, 0.6) is 0 Å². The van der Waals surface area contributed by atoms with Crippen LogP contribution < -0.4 is 4.91 Å². The molecule has 4 atom stereocenters. The van der Waals surface area contributed by atoms with Gasteiger partial charge in [0.1, 0.15) is 7.28 Å². The second-order valence-electron chi connectivity index (χ2n) is 6.74. The molecule has 4 unspecified atom stereocenters.